The van der Waals surface area contributed by atoms with Gasteiger partial charge in [0.2, 0.25) is 17.7 Å². The number of para-hydroxylation sites is 1. The third-order valence-corrected chi connectivity index (χ3v) is 5.59. The molecule has 0 radical (unpaired) electrons. The van der Waals surface area contributed by atoms with Crippen molar-refractivity contribution in [1.29, 1.82) is 5.41 Å². The van der Waals surface area contributed by atoms with E-state index in [4.69, 9.17) is 17.0 Å². The molecule has 172 valence electrons. The molecule has 2 aromatic carbocycles. The van der Waals surface area contributed by atoms with Crippen LogP contribution in [0.25, 0.3) is 0 Å². The maximum Gasteiger partial charge on any atom is 0.240 e. The van der Waals surface area contributed by atoms with Gasteiger partial charge in [-0.25, -0.2) is 0 Å². The zero-order valence-electron chi connectivity index (χ0n) is 18.7. The van der Waals surface area contributed by atoms with Crippen molar-refractivity contribution in [3.63, 3.8) is 0 Å². The van der Waals surface area contributed by atoms with E-state index < -0.39 is 17.9 Å². The van der Waals surface area contributed by atoms with Gasteiger partial charge < -0.3 is 21.8 Å². The fourth-order valence-corrected chi connectivity index (χ4v) is 3.85. The Morgan fingerprint density at radius 1 is 1.06 bits per heavy atom. The van der Waals surface area contributed by atoms with E-state index in [0.29, 0.717) is 16.8 Å². The van der Waals surface area contributed by atoms with Gasteiger partial charge in [-0.05, 0) is 17.5 Å². The molecule has 0 fully saturated rings. The number of hydrogen-bond donors (Lipinski definition) is 4. The average Bonchev–Trinajstić information content (AvgIpc) is 2.79. The first kappa shape index (κ1) is 23.6. The second kappa shape index (κ2) is 10.1. The summed E-state index contributed by atoms with van der Waals surface area (Å²) in [5, 5.41) is 15.1. The highest BCUT2D eigenvalue weighted by Gasteiger charge is 2.28. The minimum absolute atomic E-state index is 0.0710. The van der Waals surface area contributed by atoms with Crippen molar-refractivity contribution < 1.29 is 14.4 Å². The summed E-state index contributed by atoms with van der Waals surface area (Å²) < 4.78 is 0. The summed E-state index contributed by atoms with van der Waals surface area (Å²) in [6.45, 7) is 3.79. The maximum atomic E-state index is 13.3. The van der Waals surface area contributed by atoms with Gasteiger partial charge in [0, 0.05) is 24.0 Å². The molecular formula is C24H28N6O3. The number of hydrazone groups is 1. The largest absolute Gasteiger partial charge is 0.368 e. The van der Waals surface area contributed by atoms with E-state index in [1.165, 1.54) is 0 Å². The SMILES string of the molecule is CC(C)[C@H](NC(=O)CCC(=O)N1Cc2ccccc2C(=N)C(=NN)c2ccccc21)C(N)=O. The summed E-state index contributed by atoms with van der Waals surface area (Å²) in [5.74, 6) is 4.17. The number of carbonyl (C=O) groups is 3. The molecule has 9 heteroatoms. The zero-order chi connectivity index (χ0) is 24.1. The summed E-state index contributed by atoms with van der Waals surface area (Å²) in [6, 6.07) is 13.6. The predicted molar refractivity (Wildman–Crippen MR) is 127 cm³/mol. The highest BCUT2D eigenvalue weighted by molar-refractivity contribution is 6.53. The molecule has 0 spiro atoms. The van der Waals surface area contributed by atoms with Crippen LogP contribution in [-0.2, 0) is 20.9 Å². The third kappa shape index (κ3) is 5.08. The van der Waals surface area contributed by atoms with E-state index in [1.54, 1.807) is 49.1 Å². The Balaban J connectivity index is 1.89. The van der Waals surface area contributed by atoms with Crippen molar-refractivity contribution in [2.24, 2.45) is 22.6 Å². The van der Waals surface area contributed by atoms with Crippen molar-refractivity contribution in [2.45, 2.75) is 39.3 Å². The molecule has 3 rings (SSSR count). The van der Waals surface area contributed by atoms with Crippen LogP contribution in [0.3, 0.4) is 0 Å². The molecule has 1 atom stereocenters. The Labute approximate surface area is 192 Å². The van der Waals surface area contributed by atoms with Crippen molar-refractivity contribution in [1.82, 2.24) is 5.32 Å². The van der Waals surface area contributed by atoms with Crippen LogP contribution in [0.1, 0.15) is 43.4 Å². The lowest BCUT2D eigenvalue weighted by molar-refractivity contribution is -0.129. The quantitative estimate of drug-likeness (QED) is 0.392. The zero-order valence-corrected chi connectivity index (χ0v) is 18.7. The molecule has 2 aromatic rings. The molecule has 6 N–H and O–H groups in total. The number of rotatable bonds is 6. The van der Waals surface area contributed by atoms with Gasteiger partial charge in [0.05, 0.1) is 17.9 Å². The minimum Gasteiger partial charge on any atom is -0.368 e. The molecule has 3 amide bonds. The number of nitrogens with two attached hydrogens (primary N) is 2. The van der Waals surface area contributed by atoms with Crippen LogP contribution in [0.2, 0.25) is 0 Å². The lowest BCUT2D eigenvalue weighted by Crippen LogP contribution is -2.47. The van der Waals surface area contributed by atoms with Crippen LogP contribution in [0.4, 0.5) is 5.69 Å². The van der Waals surface area contributed by atoms with Crippen LogP contribution < -0.4 is 21.8 Å². The van der Waals surface area contributed by atoms with Crippen LogP contribution >= 0.6 is 0 Å². The number of carbonyl (C=O) groups excluding carboxylic acids is 3. The number of amides is 3. The molecule has 0 aromatic heterocycles. The first-order chi connectivity index (χ1) is 15.7. The monoisotopic (exact) mass is 448 g/mol. The number of anilines is 1. The van der Waals surface area contributed by atoms with Gasteiger partial charge in [0.1, 0.15) is 11.8 Å². The Morgan fingerprint density at radius 2 is 1.70 bits per heavy atom. The van der Waals surface area contributed by atoms with Crippen LogP contribution in [0.15, 0.2) is 53.6 Å². The molecule has 9 nitrogen and oxygen atoms in total. The first-order valence-corrected chi connectivity index (χ1v) is 10.7. The van der Waals surface area contributed by atoms with Crippen molar-refractivity contribution >= 4 is 34.8 Å². The number of fused-ring (bicyclic) bond motifs is 2. The van der Waals surface area contributed by atoms with Gasteiger partial charge >= 0.3 is 0 Å². The van der Waals surface area contributed by atoms with Gasteiger partial charge in [0.25, 0.3) is 0 Å². The number of nitrogens with zero attached hydrogens (tertiary/aromatic N) is 2. The standard InChI is InChI=1S/C24H28N6O3/c1-14(2)22(24(26)33)28-19(31)11-12-20(32)30-13-15-7-3-4-8-16(15)21(25)23(29-27)17-9-5-6-10-18(17)30/h3-10,14,22,25H,11-13,27H2,1-2H3,(H2,26,33)(H,28,31)/t22-/m0/s1. The van der Waals surface area contributed by atoms with Crippen molar-refractivity contribution in [3.05, 3.63) is 65.2 Å². The second-order valence-corrected chi connectivity index (χ2v) is 8.20. The third-order valence-electron chi connectivity index (χ3n) is 5.59. The molecule has 0 saturated heterocycles. The Morgan fingerprint density at radius 3 is 2.33 bits per heavy atom. The van der Waals surface area contributed by atoms with E-state index in [-0.39, 0.29) is 42.6 Å². The second-order valence-electron chi connectivity index (χ2n) is 8.20. The Bertz CT molecular complexity index is 1120. The molecule has 33 heavy (non-hydrogen) atoms. The average molecular weight is 449 g/mol. The van der Waals surface area contributed by atoms with Crippen molar-refractivity contribution in [2.75, 3.05) is 4.90 Å². The molecule has 0 bridgehead atoms. The van der Waals surface area contributed by atoms with E-state index in [0.717, 1.165) is 5.56 Å². The van der Waals surface area contributed by atoms with Gasteiger partial charge in [0.15, 0.2) is 0 Å². The molecular weight excluding hydrogens is 420 g/mol. The maximum absolute atomic E-state index is 13.3. The molecule has 1 aliphatic heterocycles. The molecule has 1 heterocycles. The minimum atomic E-state index is -0.795. The molecule has 1 aliphatic rings. The number of primary amides is 1. The van der Waals surface area contributed by atoms with Crippen LogP contribution in [0.5, 0.6) is 0 Å². The fourth-order valence-electron chi connectivity index (χ4n) is 3.85. The molecule has 0 unspecified atom stereocenters. The summed E-state index contributed by atoms with van der Waals surface area (Å²) in [6.07, 6.45) is -0.165. The highest BCUT2D eigenvalue weighted by Crippen LogP contribution is 2.29. The van der Waals surface area contributed by atoms with Gasteiger partial charge in [-0.15, -0.1) is 0 Å². The lowest BCUT2D eigenvalue weighted by atomic mass is 9.92. The number of nitrogens with one attached hydrogen (secondary N) is 2. The Kier molecular flexibility index (Phi) is 7.22. The van der Waals surface area contributed by atoms with Crippen LogP contribution in [0, 0.1) is 11.3 Å². The van der Waals surface area contributed by atoms with Gasteiger partial charge in [-0.1, -0.05) is 56.3 Å². The van der Waals surface area contributed by atoms with Gasteiger partial charge in [-0.3, -0.25) is 19.8 Å². The van der Waals surface area contributed by atoms with E-state index in [2.05, 4.69) is 10.4 Å². The summed E-state index contributed by atoms with van der Waals surface area (Å²) in [5.41, 5.74) is 8.33. The smallest absolute Gasteiger partial charge is 0.240 e. The summed E-state index contributed by atoms with van der Waals surface area (Å²) >= 11 is 0. The molecule has 0 saturated carbocycles. The summed E-state index contributed by atoms with van der Waals surface area (Å²) in [4.78, 5) is 38.8. The first-order valence-electron chi connectivity index (χ1n) is 10.7. The topological polar surface area (TPSA) is 155 Å². The predicted octanol–water partition coefficient (Wildman–Crippen LogP) is 1.67. The lowest BCUT2D eigenvalue weighted by Gasteiger charge is -2.29. The van der Waals surface area contributed by atoms with Gasteiger partial charge in [-0.2, -0.15) is 5.10 Å². The molecule has 0 aliphatic carbocycles. The van der Waals surface area contributed by atoms with Crippen LogP contribution in [-0.4, -0.2) is 35.2 Å². The Hall–Kier alpha value is -4.01. The summed E-state index contributed by atoms with van der Waals surface area (Å²) in [7, 11) is 0. The number of benzene rings is 2. The van der Waals surface area contributed by atoms with E-state index in [9.17, 15) is 14.4 Å². The normalized spacial score (nSPS) is 15.3. The van der Waals surface area contributed by atoms with E-state index >= 15 is 0 Å². The van der Waals surface area contributed by atoms with E-state index in [1.807, 2.05) is 18.2 Å². The number of hydrogen-bond acceptors (Lipinski definition) is 6. The van der Waals surface area contributed by atoms with Crippen molar-refractivity contribution in [3.8, 4) is 0 Å². The fraction of sp³-hybridized carbons (Fsp3) is 0.292. The highest BCUT2D eigenvalue weighted by atomic mass is 16.2.